The third kappa shape index (κ3) is 4.27. The van der Waals surface area contributed by atoms with E-state index in [1.165, 1.54) is 20.1 Å². The number of hydrogen-bond acceptors (Lipinski definition) is 9. The molecular formula is C24H30O9. The molecule has 0 radical (unpaired) electrons. The number of aliphatic hydroxyl groups is 4. The molecule has 0 bridgehead atoms. The highest BCUT2D eigenvalue weighted by molar-refractivity contribution is 6.07. The minimum Gasteiger partial charge on any atom is -0.506 e. The van der Waals surface area contributed by atoms with Crippen molar-refractivity contribution >= 4 is 16.6 Å². The molecule has 9 nitrogen and oxygen atoms in total. The largest absolute Gasteiger partial charge is 0.506 e. The van der Waals surface area contributed by atoms with Gasteiger partial charge in [0.1, 0.15) is 41.7 Å². The van der Waals surface area contributed by atoms with Crippen LogP contribution >= 0.6 is 0 Å². The summed E-state index contributed by atoms with van der Waals surface area (Å²) < 4.78 is 16.7. The molecular weight excluding hydrogens is 432 g/mol. The molecule has 0 amide bonds. The Labute approximate surface area is 191 Å². The fourth-order valence-electron chi connectivity index (χ4n) is 4.91. The fraction of sp³-hybridized carbons (Fsp3) is 0.542. The molecule has 1 heterocycles. The number of phenols is 1. The molecule has 2 aromatic rings. The summed E-state index contributed by atoms with van der Waals surface area (Å²) in [5.41, 5.74) is 1.02. The predicted octanol–water partition coefficient (Wildman–Crippen LogP) is 1.59. The number of phenolic OH excluding ortho intramolecular Hbond substituents is 1. The first kappa shape index (κ1) is 23.7. The van der Waals surface area contributed by atoms with Crippen molar-refractivity contribution < 1.29 is 44.5 Å². The zero-order valence-corrected chi connectivity index (χ0v) is 18.6. The number of Topliss-reactive ketones (excluding diaryl/α,β-unsaturated/α-hetero) is 1. The average Bonchev–Trinajstić information content (AvgIpc) is 3.33. The van der Waals surface area contributed by atoms with E-state index in [9.17, 15) is 30.3 Å². The first-order chi connectivity index (χ1) is 15.8. The zero-order valence-electron chi connectivity index (χ0n) is 18.6. The molecule has 1 saturated heterocycles. The number of hydrogen-bond donors (Lipinski definition) is 5. The van der Waals surface area contributed by atoms with Gasteiger partial charge in [0.2, 0.25) is 6.29 Å². The maximum atomic E-state index is 12.5. The standard InChI is InChI=1S/C24H30O9/c1-11(26)18-15(12-5-3-4-6-12)8-13-7-14(31-2)9-16(19(13)21(18)28)32-24-23(30)22(29)20(27)17(10-25)33-24/h7-9,12,17,20,22-25,27-30H,3-6,10H2,1-2H3/t17-,20-,22+,23-,24+/m1/s1. The summed E-state index contributed by atoms with van der Waals surface area (Å²) >= 11 is 0. The lowest BCUT2D eigenvalue weighted by Crippen LogP contribution is -2.60. The van der Waals surface area contributed by atoms with Gasteiger partial charge in [-0.25, -0.2) is 0 Å². The van der Waals surface area contributed by atoms with Crippen LogP contribution in [0.4, 0.5) is 0 Å². The van der Waals surface area contributed by atoms with E-state index >= 15 is 0 Å². The molecule has 2 aromatic carbocycles. The Hall–Kier alpha value is -2.43. The van der Waals surface area contributed by atoms with Gasteiger partial charge < -0.3 is 39.7 Å². The molecule has 9 heteroatoms. The SMILES string of the molecule is COc1cc(O[C@H]2O[C@H](CO)[C@@H](O)[C@H](O)[C@H]2O)c2c(O)c(C(C)=O)c(C3CCCC3)cc2c1. The minimum absolute atomic E-state index is 0.0617. The number of carbonyl (C=O) groups excluding carboxylic acids is 1. The monoisotopic (exact) mass is 462 g/mol. The van der Waals surface area contributed by atoms with E-state index in [0.29, 0.717) is 11.1 Å². The normalized spacial score (nSPS) is 28.2. The van der Waals surface area contributed by atoms with E-state index in [1.807, 2.05) is 6.07 Å². The van der Waals surface area contributed by atoms with E-state index in [1.54, 1.807) is 6.07 Å². The first-order valence-electron chi connectivity index (χ1n) is 11.1. The number of aromatic hydroxyl groups is 1. The van der Waals surface area contributed by atoms with Gasteiger partial charge in [0.15, 0.2) is 5.78 Å². The number of ether oxygens (including phenoxy) is 3. The van der Waals surface area contributed by atoms with E-state index < -0.39 is 37.3 Å². The molecule has 1 aliphatic carbocycles. The Balaban J connectivity index is 1.84. The van der Waals surface area contributed by atoms with Gasteiger partial charge in [-0.15, -0.1) is 0 Å². The van der Waals surface area contributed by atoms with Gasteiger partial charge >= 0.3 is 0 Å². The minimum atomic E-state index is -1.63. The summed E-state index contributed by atoms with van der Waals surface area (Å²) in [6.45, 7) is 0.801. The third-order valence-electron chi connectivity index (χ3n) is 6.65. The second-order valence-corrected chi connectivity index (χ2v) is 8.77. The van der Waals surface area contributed by atoms with Crippen molar-refractivity contribution in [1.29, 1.82) is 0 Å². The summed E-state index contributed by atoms with van der Waals surface area (Å²) in [7, 11) is 1.47. The van der Waals surface area contributed by atoms with Gasteiger partial charge in [0, 0.05) is 6.07 Å². The van der Waals surface area contributed by atoms with Crippen molar-refractivity contribution in [2.75, 3.05) is 13.7 Å². The quantitative estimate of drug-likeness (QED) is 0.404. The maximum Gasteiger partial charge on any atom is 0.229 e. The molecule has 1 aliphatic heterocycles. The lowest BCUT2D eigenvalue weighted by atomic mass is 9.87. The average molecular weight is 462 g/mol. The van der Waals surface area contributed by atoms with Crippen LogP contribution in [0.3, 0.4) is 0 Å². The highest BCUT2D eigenvalue weighted by atomic mass is 16.7. The van der Waals surface area contributed by atoms with Crippen LogP contribution in [0.15, 0.2) is 18.2 Å². The number of fused-ring (bicyclic) bond motifs is 1. The van der Waals surface area contributed by atoms with Crippen LogP contribution in [-0.2, 0) is 4.74 Å². The Morgan fingerprint density at radius 2 is 1.79 bits per heavy atom. The number of aliphatic hydroxyl groups excluding tert-OH is 4. The van der Waals surface area contributed by atoms with E-state index in [0.717, 1.165) is 31.2 Å². The summed E-state index contributed by atoms with van der Waals surface area (Å²) in [5.74, 6) is 0.136. The van der Waals surface area contributed by atoms with Crippen LogP contribution in [0, 0.1) is 0 Å². The number of methoxy groups -OCH3 is 1. The second kappa shape index (κ2) is 9.44. The molecule has 2 fully saturated rings. The predicted molar refractivity (Wildman–Crippen MR) is 118 cm³/mol. The third-order valence-corrected chi connectivity index (χ3v) is 6.65. The lowest BCUT2D eigenvalue weighted by Gasteiger charge is -2.39. The van der Waals surface area contributed by atoms with Crippen molar-refractivity contribution in [3.8, 4) is 17.2 Å². The fourth-order valence-corrected chi connectivity index (χ4v) is 4.91. The van der Waals surface area contributed by atoms with Crippen LogP contribution in [0.1, 0.15) is 54.4 Å². The summed E-state index contributed by atoms with van der Waals surface area (Å²) in [5, 5.41) is 52.0. The summed E-state index contributed by atoms with van der Waals surface area (Å²) in [6.07, 6.45) is -3.39. The van der Waals surface area contributed by atoms with Gasteiger partial charge in [0.25, 0.3) is 0 Å². The molecule has 2 aliphatic rings. The lowest BCUT2D eigenvalue weighted by molar-refractivity contribution is -0.277. The smallest absolute Gasteiger partial charge is 0.229 e. The Kier molecular flexibility index (Phi) is 6.78. The summed E-state index contributed by atoms with van der Waals surface area (Å²) in [4.78, 5) is 12.5. The van der Waals surface area contributed by atoms with E-state index in [4.69, 9.17) is 14.2 Å². The highest BCUT2D eigenvalue weighted by Crippen LogP contribution is 2.46. The Morgan fingerprint density at radius 3 is 2.39 bits per heavy atom. The maximum absolute atomic E-state index is 12.5. The number of rotatable bonds is 6. The van der Waals surface area contributed by atoms with Crippen molar-refractivity contribution in [3.05, 3.63) is 29.3 Å². The number of carbonyl (C=O) groups is 1. The van der Waals surface area contributed by atoms with Gasteiger partial charge in [-0.1, -0.05) is 12.8 Å². The Morgan fingerprint density at radius 1 is 1.09 bits per heavy atom. The Bertz CT molecular complexity index is 1030. The van der Waals surface area contributed by atoms with Crippen molar-refractivity contribution in [2.24, 2.45) is 0 Å². The highest BCUT2D eigenvalue weighted by Gasteiger charge is 2.45. The van der Waals surface area contributed by atoms with Crippen molar-refractivity contribution in [3.63, 3.8) is 0 Å². The molecule has 0 unspecified atom stereocenters. The van der Waals surface area contributed by atoms with Gasteiger partial charge in [-0.05, 0) is 48.8 Å². The molecule has 0 aromatic heterocycles. The zero-order chi connectivity index (χ0) is 23.9. The molecule has 5 atom stereocenters. The van der Waals surface area contributed by atoms with Gasteiger partial charge in [0.05, 0.1) is 24.7 Å². The van der Waals surface area contributed by atoms with Crippen LogP contribution in [0.25, 0.3) is 10.8 Å². The molecule has 0 spiro atoms. The van der Waals surface area contributed by atoms with Gasteiger partial charge in [-0.2, -0.15) is 0 Å². The molecule has 180 valence electrons. The molecule has 1 saturated carbocycles. The number of ketones is 1. The van der Waals surface area contributed by atoms with Crippen LogP contribution in [0.5, 0.6) is 17.2 Å². The van der Waals surface area contributed by atoms with Gasteiger partial charge in [-0.3, -0.25) is 4.79 Å². The summed E-state index contributed by atoms with van der Waals surface area (Å²) in [6, 6.07) is 5.06. The second-order valence-electron chi connectivity index (χ2n) is 8.77. The van der Waals surface area contributed by atoms with Crippen LogP contribution in [-0.4, -0.2) is 75.7 Å². The van der Waals surface area contributed by atoms with Crippen LogP contribution < -0.4 is 9.47 Å². The first-order valence-corrected chi connectivity index (χ1v) is 11.1. The van der Waals surface area contributed by atoms with Crippen molar-refractivity contribution in [2.45, 2.75) is 69.2 Å². The van der Waals surface area contributed by atoms with Crippen LogP contribution in [0.2, 0.25) is 0 Å². The molecule has 33 heavy (non-hydrogen) atoms. The van der Waals surface area contributed by atoms with E-state index in [2.05, 4.69) is 0 Å². The topological polar surface area (TPSA) is 146 Å². The van der Waals surface area contributed by atoms with Crippen molar-refractivity contribution in [1.82, 2.24) is 0 Å². The number of benzene rings is 2. The molecule has 4 rings (SSSR count). The molecule has 5 N–H and O–H groups in total. The van der Waals surface area contributed by atoms with E-state index in [-0.39, 0.29) is 34.1 Å².